The molecule has 1 aromatic heterocycles. The van der Waals surface area contributed by atoms with Gasteiger partial charge in [-0.25, -0.2) is 9.48 Å². The lowest BCUT2D eigenvalue weighted by Crippen LogP contribution is -2.56. The molecule has 0 radical (unpaired) electrons. The van der Waals surface area contributed by atoms with Crippen LogP contribution in [-0.2, 0) is 9.53 Å². The van der Waals surface area contributed by atoms with E-state index in [9.17, 15) is 9.59 Å². The molecule has 30 heavy (non-hydrogen) atoms. The van der Waals surface area contributed by atoms with E-state index in [0.717, 1.165) is 17.8 Å². The van der Waals surface area contributed by atoms with Crippen molar-refractivity contribution in [3.8, 4) is 5.69 Å². The molecule has 1 aromatic carbocycles. The molecule has 0 saturated heterocycles. The van der Waals surface area contributed by atoms with Gasteiger partial charge in [0.25, 0.3) is 5.91 Å². The highest BCUT2D eigenvalue weighted by atomic mass is 16.5. The number of esters is 1. The third-order valence-electron chi connectivity index (χ3n) is 7.41. The van der Waals surface area contributed by atoms with Crippen molar-refractivity contribution in [2.75, 3.05) is 6.61 Å². The summed E-state index contributed by atoms with van der Waals surface area (Å²) in [6.45, 7) is 1.85. The molecule has 1 amide bonds. The van der Waals surface area contributed by atoms with Crippen LogP contribution in [0, 0.1) is 23.2 Å². The molecule has 1 unspecified atom stereocenters. The largest absolute Gasteiger partial charge is 0.452 e. The first-order chi connectivity index (χ1) is 14.5. The zero-order valence-corrected chi connectivity index (χ0v) is 17.2. The average molecular weight is 409 g/mol. The number of hydrogen-bond acceptors (Lipinski definition) is 6. The topological polar surface area (TPSA) is 99.0 Å². The van der Waals surface area contributed by atoms with E-state index in [1.165, 1.54) is 49.5 Å². The number of carbonyl (C=O) groups is 2. The molecule has 1 atom stereocenters. The monoisotopic (exact) mass is 409 g/mol. The molecule has 4 fully saturated rings. The first kappa shape index (κ1) is 19.2. The lowest BCUT2D eigenvalue weighted by Gasteiger charge is -2.59. The van der Waals surface area contributed by atoms with E-state index >= 15 is 0 Å². The first-order valence-electron chi connectivity index (χ1n) is 10.8. The van der Waals surface area contributed by atoms with E-state index in [1.807, 2.05) is 0 Å². The van der Waals surface area contributed by atoms with Gasteiger partial charge in [-0.15, -0.1) is 5.10 Å². The summed E-state index contributed by atoms with van der Waals surface area (Å²) in [6, 6.07) is 6.90. The van der Waals surface area contributed by atoms with Crippen LogP contribution < -0.4 is 5.32 Å². The van der Waals surface area contributed by atoms with Crippen molar-refractivity contribution in [1.82, 2.24) is 25.5 Å². The maximum absolute atomic E-state index is 12.5. The Balaban J connectivity index is 1.17. The van der Waals surface area contributed by atoms with Crippen LogP contribution in [0.1, 0.15) is 55.8 Å². The number of tetrazole rings is 1. The maximum Gasteiger partial charge on any atom is 0.338 e. The van der Waals surface area contributed by atoms with Gasteiger partial charge >= 0.3 is 5.97 Å². The van der Waals surface area contributed by atoms with Gasteiger partial charge < -0.3 is 10.1 Å². The molecule has 4 aliphatic carbocycles. The molecule has 8 nitrogen and oxygen atoms in total. The van der Waals surface area contributed by atoms with Gasteiger partial charge in [0.15, 0.2) is 6.61 Å². The smallest absolute Gasteiger partial charge is 0.338 e. The molecule has 4 bridgehead atoms. The van der Waals surface area contributed by atoms with Crippen LogP contribution >= 0.6 is 0 Å². The Kier molecular flexibility index (Phi) is 4.79. The Hall–Kier alpha value is -2.77. The molecule has 158 valence electrons. The predicted octanol–water partition coefficient (Wildman–Crippen LogP) is 2.54. The van der Waals surface area contributed by atoms with Gasteiger partial charge in [0.2, 0.25) is 0 Å². The fourth-order valence-corrected chi connectivity index (χ4v) is 6.41. The van der Waals surface area contributed by atoms with Crippen molar-refractivity contribution in [1.29, 1.82) is 0 Å². The van der Waals surface area contributed by atoms with E-state index < -0.39 is 5.97 Å². The van der Waals surface area contributed by atoms with Crippen molar-refractivity contribution in [3.63, 3.8) is 0 Å². The summed E-state index contributed by atoms with van der Waals surface area (Å²) >= 11 is 0. The van der Waals surface area contributed by atoms with Crippen molar-refractivity contribution in [2.45, 2.75) is 51.5 Å². The lowest BCUT2D eigenvalue weighted by atomic mass is 9.48. The van der Waals surface area contributed by atoms with E-state index in [-0.39, 0.29) is 24.0 Å². The SMILES string of the molecule is CC(NC(=O)COC(=O)c1cccc(-n2cnnn2)c1)C12CC3CC(CC(C3)C1)C2. The zero-order valence-electron chi connectivity index (χ0n) is 17.2. The van der Waals surface area contributed by atoms with Crippen LogP contribution in [0.3, 0.4) is 0 Å². The highest BCUT2D eigenvalue weighted by Gasteiger charge is 2.53. The summed E-state index contributed by atoms with van der Waals surface area (Å²) in [5.74, 6) is 1.73. The molecule has 0 aliphatic heterocycles. The van der Waals surface area contributed by atoms with Crippen LogP contribution in [0.25, 0.3) is 5.69 Å². The van der Waals surface area contributed by atoms with Crippen molar-refractivity contribution in [3.05, 3.63) is 36.2 Å². The van der Waals surface area contributed by atoms with E-state index in [0.29, 0.717) is 11.3 Å². The van der Waals surface area contributed by atoms with Gasteiger partial charge in [-0.2, -0.15) is 0 Å². The van der Waals surface area contributed by atoms with Crippen LogP contribution in [0.5, 0.6) is 0 Å². The third-order valence-corrected chi connectivity index (χ3v) is 7.41. The minimum absolute atomic E-state index is 0.111. The first-order valence-corrected chi connectivity index (χ1v) is 10.8. The highest BCUT2D eigenvalue weighted by Crippen LogP contribution is 2.61. The second kappa shape index (κ2) is 7.49. The Morgan fingerprint density at radius 3 is 2.53 bits per heavy atom. The quantitative estimate of drug-likeness (QED) is 0.736. The summed E-state index contributed by atoms with van der Waals surface area (Å²) in [5, 5.41) is 14.1. The Morgan fingerprint density at radius 1 is 1.20 bits per heavy atom. The summed E-state index contributed by atoms with van der Waals surface area (Å²) < 4.78 is 6.73. The fraction of sp³-hybridized carbons (Fsp3) is 0.591. The van der Waals surface area contributed by atoms with Gasteiger partial charge in [0.1, 0.15) is 6.33 Å². The number of hydrogen-bond donors (Lipinski definition) is 1. The second-order valence-electron chi connectivity index (χ2n) is 9.45. The van der Waals surface area contributed by atoms with E-state index in [2.05, 4.69) is 27.8 Å². The number of aromatic nitrogens is 4. The molecule has 6 rings (SSSR count). The number of carbonyl (C=O) groups excluding carboxylic acids is 2. The van der Waals surface area contributed by atoms with E-state index in [1.54, 1.807) is 24.3 Å². The number of nitrogens with one attached hydrogen (secondary N) is 1. The van der Waals surface area contributed by atoms with Crippen LogP contribution in [0.4, 0.5) is 0 Å². The van der Waals surface area contributed by atoms with Crippen LogP contribution in [-0.4, -0.2) is 44.7 Å². The number of benzene rings is 1. The van der Waals surface area contributed by atoms with Crippen LogP contribution in [0.15, 0.2) is 30.6 Å². The van der Waals surface area contributed by atoms with Crippen molar-refractivity contribution < 1.29 is 14.3 Å². The molecule has 1 N–H and O–H groups in total. The van der Waals surface area contributed by atoms with Gasteiger partial charge in [-0.3, -0.25) is 4.79 Å². The van der Waals surface area contributed by atoms with Gasteiger partial charge in [0.05, 0.1) is 11.3 Å². The predicted molar refractivity (Wildman–Crippen MR) is 108 cm³/mol. The molecule has 4 aliphatic rings. The van der Waals surface area contributed by atoms with Gasteiger partial charge in [-0.1, -0.05) is 6.07 Å². The number of ether oxygens (including phenoxy) is 1. The zero-order chi connectivity index (χ0) is 20.7. The van der Waals surface area contributed by atoms with Gasteiger partial charge in [0, 0.05) is 6.04 Å². The van der Waals surface area contributed by atoms with Gasteiger partial charge in [-0.05, 0) is 97.2 Å². The molecule has 1 heterocycles. The number of amides is 1. The molecule has 4 saturated carbocycles. The minimum atomic E-state index is -0.539. The number of rotatable bonds is 6. The molecule has 0 spiro atoms. The molecule has 2 aromatic rings. The second-order valence-corrected chi connectivity index (χ2v) is 9.45. The Morgan fingerprint density at radius 2 is 1.90 bits per heavy atom. The third kappa shape index (κ3) is 3.59. The minimum Gasteiger partial charge on any atom is -0.452 e. The van der Waals surface area contributed by atoms with Crippen molar-refractivity contribution in [2.24, 2.45) is 23.2 Å². The summed E-state index contributed by atoms with van der Waals surface area (Å²) in [4.78, 5) is 24.9. The summed E-state index contributed by atoms with van der Waals surface area (Å²) in [6.07, 6.45) is 9.26. The Bertz CT molecular complexity index is 907. The molecular formula is C22H27N5O3. The van der Waals surface area contributed by atoms with E-state index in [4.69, 9.17) is 4.74 Å². The van der Waals surface area contributed by atoms with Crippen molar-refractivity contribution >= 4 is 11.9 Å². The highest BCUT2D eigenvalue weighted by molar-refractivity contribution is 5.91. The molecule has 8 heteroatoms. The fourth-order valence-electron chi connectivity index (χ4n) is 6.41. The molecular weight excluding hydrogens is 382 g/mol. The lowest BCUT2D eigenvalue weighted by molar-refractivity contribution is -0.128. The average Bonchev–Trinajstić information content (AvgIpc) is 3.26. The maximum atomic E-state index is 12.5. The number of nitrogens with zero attached hydrogens (tertiary/aromatic N) is 4. The Labute approximate surface area is 175 Å². The van der Waals surface area contributed by atoms with Crippen LogP contribution in [0.2, 0.25) is 0 Å². The standard InChI is InChI=1S/C22H27N5O3/c1-14(22-9-15-5-16(10-22)7-17(6-15)11-22)24-20(28)12-30-21(29)18-3-2-4-19(8-18)27-13-23-25-26-27/h2-4,8,13-17H,5-7,9-12H2,1H3,(H,24,28). The summed E-state index contributed by atoms with van der Waals surface area (Å²) in [7, 11) is 0. The summed E-state index contributed by atoms with van der Waals surface area (Å²) in [5.41, 5.74) is 1.23. The normalized spacial score (nSPS) is 30.1.